The van der Waals surface area contributed by atoms with Crippen LogP contribution in [0.5, 0.6) is 0 Å². The van der Waals surface area contributed by atoms with Crippen LogP contribution in [0.1, 0.15) is 25.3 Å². The minimum atomic E-state index is 0.372. The summed E-state index contributed by atoms with van der Waals surface area (Å²) >= 11 is 0. The number of anilines is 1. The Kier molecular flexibility index (Phi) is 2.22. The lowest BCUT2D eigenvalue weighted by molar-refractivity contribution is 0.518. The quantitative estimate of drug-likeness (QED) is 0.747. The Bertz CT molecular complexity index is 594. The van der Waals surface area contributed by atoms with E-state index in [1.54, 1.807) is 6.33 Å². The molecule has 0 bridgehead atoms. The zero-order valence-corrected chi connectivity index (χ0v) is 9.37. The van der Waals surface area contributed by atoms with E-state index < -0.39 is 0 Å². The van der Waals surface area contributed by atoms with E-state index in [0.717, 1.165) is 24.9 Å². The van der Waals surface area contributed by atoms with E-state index in [1.807, 2.05) is 0 Å². The first kappa shape index (κ1) is 10.1. The van der Waals surface area contributed by atoms with Gasteiger partial charge in [-0.1, -0.05) is 0 Å². The standard InChI is InChI=1S/C12H13N5/c1-2-8-3-4-9(5-8)17-7-16-10-11(13)14-6-15-12(10)17/h1,6-9H,3-5H2,(H2,13,14,15)/t8-,9-/m1/s1. The Morgan fingerprint density at radius 1 is 1.35 bits per heavy atom. The van der Waals surface area contributed by atoms with E-state index >= 15 is 0 Å². The average molecular weight is 227 g/mol. The molecule has 2 N–H and O–H groups in total. The SMILES string of the molecule is C#C[C@@H]1CC[C@@H](n2cnc3c(N)ncnc32)C1. The fraction of sp³-hybridized carbons (Fsp3) is 0.417. The number of rotatable bonds is 1. The van der Waals surface area contributed by atoms with Crippen LogP contribution in [0.2, 0.25) is 0 Å². The van der Waals surface area contributed by atoms with Crippen molar-refractivity contribution in [2.45, 2.75) is 25.3 Å². The molecule has 2 heterocycles. The highest BCUT2D eigenvalue weighted by Gasteiger charge is 2.26. The summed E-state index contributed by atoms with van der Waals surface area (Å²) in [6, 6.07) is 0.385. The molecule has 0 aromatic carbocycles. The number of imidazole rings is 1. The summed E-state index contributed by atoms with van der Waals surface area (Å²) in [7, 11) is 0. The lowest BCUT2D eigenvalue weighted by Gasteiger charge is -2.11. The van der Waals surface area contributed by atoms with Gasteiger partial charge in [0, 0.05) is 12.0 Å². The Hall–Kier alpha value is -2.09. The predicted octanol–water partition coefficient (Wildman–Crippen LogP) is 1.38. The monoisotopic (exact) mass is 227 g/mol. The number of fused-ring (bicyclic) bond motifs is 1. The highest BCUT2D eigenvalue weighted by molar-refractivity contribution is 5.81. The maximum absolute atomic E-state index is 5.76. The van der Waals surface area contributed by atoms with Crippen molar-refractivity contribution in [1.29, 1.82) is 0 Å². The van der Waals surface area contributed by atoms with Gasteiger partial charge >= 0.3 is 0 Å². The first-order chi connectivity index (χ1) is 8.29. The molecular weight excluding hydrogens is 214 g/mol. The van der Waals surface area contributed by atoms with Gasteiger partial charge in [-0.05, 0) is 19.3 Å². The molecule has 0 radical (unpaired) electrons. The zero-order valence-electron chi connectivity index (χ0n) is 9.37. The summed E-state index contributed by atoms with van der Waals surface area (Å²) in [4.78, 5) is 12.5. The van der Waals surface area contributed by atoms with Crippen molar-refractivity contribution in [3.05, 3.63) is 12.7 Å². The molecule has 5 heteroatoms. The van der Waals surface area contributed by atoms with Crippen molar-refractivity contribution < 1.29 is 0 Å². The van der Waals surface area contributed by atoms with E-state index in [2.05, 4.69) is 25.4 Å². The van der Waals surface area contributed by atoms with Crippen molar-refractivity contribution >= 4 is 17.0 Å². The third kappa shape index (κ3) is 1.53. The van der Waals surface area contributed by atoms with Crippen molar-refractivity contribution in [2.75, 3.05) is 5.73 Å². The van der Waals surface area contributed by atoms with Crippen LogP contribution < -0.4 is 5.73 Å². The summed E-state index contributed by atoms with van der Waals surface area (Å²) in [6.45, 7) is 0. The van der Waals surface area contributed by atoms with Crippen molar-refractivity contribution in [1.82, 2.24) is 19.5 Å². The molecule has 2 aromatic heterocycles. The van der Waals surface area contributed by atoms with Crippen LogP contribution in [-0.2, 0) is 0 Å². The maximum Gasteiger partial charge on any atom is 0.165 e. The van der Waals surface area contributed by atoms with Gasteiger partial charge in [-0.25, -0.2) is 15.0 Å². The minimum Gasteiger partial charge on any atom is -0.382 e. The van der Waals surface area contributed by atoms with E-state index in [9.17, 15) is 0 Å². The number of terminal acetylenes is 1. The fourth-order valence-electron chi connectivity index (χ4n) is 2.50. The molecule has 5 nitrogen and oxygen atoms in total. The van der Waals surface area contributed by atoms with Gasteiger partial charge in [-0.15, -0.1) is 12.3 Å². The van der Waals surface area contributed by atoms with Gasteiger partial charge < -0.3 is 10.3 Å². The lowest BCUT2D eigenvalue weighted by atomic mass is 10.1. The summed E-state index contributed by atoms with van der Waals surface area (Å²) in [5.74, 6) is 3.63. The zero-order chi connectivity index (χ0) is 11.8. The topological polar surface area (TPSA) is 69.6 Å². The first-order valence-corrected chi connectivity index (χ1v) is 5.68. The van der Waals surface area contributed by atoms with Crippen LogP contribution in [-0.4, -0.2) is 19.5 Å². The molecule has 2 atom stereocenters. The van der Waals surface area contributed by atoms with Gasteiger partial charge in [0.25, 0.3) is 0 Å². The summed E-state index contributed by atoms with van der Waals surface area (Å²) in [5.41, 5.74) is 7.25. The van der Waals surface area contributed by atoms with Crippen LogP contribution in [0, 0.1) is 18.3 Å². The van der Waals surface area contributed by atoms with Gasteiger partial charge in [-0.3, -0.25) is 0 Å². The molecule has 86 valence electrons. The van der Waals surface area contributed by atoms with Gasteiger partial charge in [0.05, 0.1) is 6.33 Å². The molecule has 3 rings (SSSR count). The number of nitrogens with zero attached hydrogens (tertiary/aromatic N) is 4. The number of hydrogen-bond donors (Lipinski definition) is 1. The third-order valence-corrected chi connectivity index (χ3v) is 3.42. The van der Waals surface area contributed by atoms with Crippen molar-refractivity contribution in [2.24, 2.45) is 5.92 Å². The lowest BCUT2D eigenvalue weighted by Crippen LogP contribution is -2.05. The van der Waals surface area contributed by atoms with Crippen molar-refractivity contribution in [3.8, 4) is 12.3 Å². The number of aromatic nitrogens is 4. The molecule has 17 heavy (non-hydrogen) atoms. The van der Waals surface area contributed by atoms with E-state index in [1.165, 1.54) is 6.33 Å². The molecule has 0 unspecified atom stereocenters. The summed E-state index contributed by atoms with van der Waals surface area (Å²) in [5, 5.41) is 0. The van der Waals surface area contributed by atoms with E-state index in [-0.39, 0.29) is 0 Å². The average Bonchev–Trinajstić information content (AvgIpc) is 2.94. The van der Waals surface area contributed by atoms with Crippen LogP contribution in [0.25, 0.3) is 11.2 Å². The largest absolute Gasteiger partial charge is 0.382 e. The van der Waals surface area contributed by atoms with Gasteiger partial charge in [0.2, 0.25) is 0 Å². The summed E-state index contributed by atoms with van der Waals surface area (Å²) < 4.78 is 2.07. The molecule has 1 fully saturated rings. The molecule has 0 aliphatic heterocycles. The number of hydrogen-bond acceptors (Lipinski definition) is 4. The third-order valence-electron chi connectivity index (χ3n) is 3.42. The minimum absolute atomic E-state index is 0.372. The molecular formula is C12H13N5. The molecule has 0 amide bonds. The normalized spacial score (nSPS) is 23.9. The molecule has 0 saturated heterocycles. The second-order valence-corrected chi connectivity index (χ2v) is 4.41. The van der Waals surface area contributed by atoms with Crippen LogP contribution in [0.4, 0.5) is 5.82 Å². The highest BCUT2D eigenvalue weighted by Crippen LogP contribution is 2.35. The van der Waals surface area contributed by atoms with Crippen LogP contribution in [0.15, 0.2) is 12.7 Å². The molecule has 2 aromatic rings. The molecule has 1 aliphatic rings. The smallest absolute Gasteiger partial charge is 0.165 e. The Morgan fingerprint density at radius 2 is 2.24 bits per heavy atom. The van der Waals surface area contributed by atoms with Gasteiger partial charge in [-0.2, -0.15) is 0 Å². The molecule has 1 saturated carbocycles. The number of nitrogens with two attached hydrogens (primary N) is 1. The maximum atomic E-state index is 5.76. The Balaban J connectivity index is 2.02. The second-order valence-electron chi connectivity index (χ2n) is 4.41. The van der Waals surface area contributed by atoms with E-state index in [0.29, 0.717) is 23.3 Å². The molecule has 0 spiro atoms. The predicted molar refractivity (Wildman–Crippen MR) is 64.9 cm³/mol. The second kappa shape index (κ2) is 3.74. The Morgan fingerprint density at radius 3 is 3.00 bits per heavy atom. The molecule has 1 aliphatic carbocycles. The van der Waals surface area contributed by atoms with Crippen molar-refractivity contribution in [3.63, 3.8) is 0 Å². The first-order valence-electron chi connectivity index (χ1n) is 5.68. The van der Waals surface area contributed by atoms with E-state index in [4.69, 9.17) is 12.2 Å². The van der Waals surface area contributed by atoms with Gasteiger partial charge in [0.1, 0.15) is 11.8 Å². The van der Waals surface area contributed by atoms with Gasteiger partial charge in [0.15, 0.2) is 11.5 Å². The van der Waals surface area contributed by atoms with Crippen LogP contribution >= 0.6 is 0 Å². The Labute approximate surface area is 99.1 Å². The number of nitrogen functional groups attached to an aromatic ring is 1. The van der Waals surface area contributed by atoms with Crippen LogP contribution in [0.3, 0.4) is 0 Å². The summed E-state index contributed by atoms with van der Waals surface area (Å²) in [6.07, 6.45) is 11.9. The fourth-order valence-corrected chi connectivity index (χ4v) is 2.50. The highest BCUT2D eigenvalue weighted by atomic mass is 15.1.